The van der Waals surface area contributed by atoms with Gasteiger partial charge in [-0.3, -0.25) is 9.59 Å². The van der Waals surface area contributed by atoms with E-state index in [1.165, 1.54) is 0 Å². The van der Waals surface area contributed by atoms with E-state index in [-0.39, 0.29) is 18.4 Å². The van der Waals surface area contributed by atoms with Gasteiger partial charge in [0.25, 0.3) is 5.91 Å². The highest BCUT2D eigenvalue weighted by atomic mass is 35.5. The second-order valence-corrected chi connectivity index (χ2v) is 6.70. The maximum Gasteiger partial charge on any atom is 0.257 e. The van der Waals surface area contributed by atoms with Crippen molar-refractivity contribution in [2.75, 3.05) is 24.7 Å². The number of ether oxygens (including phenoxy) is 1. The summed E-state index contributed by atoms with van der Waals surface area (Å²) in [7, 11) is 1.55. The number of carbonyl (C=O) groups excluding carboxylic acids is 2. The fourth-order valence-corrected chi connectivity index (χ4v) is 2.88. The molecule has 0 heterocycles. The van der Waals surface area contributed by atoms with Crippen LogP contribution in [0.15, 0.2) is 53.4 Å². The van der Waals surface area contributed by atoms with Crippen LogP contribution in [0, 0.1) is 0 Å². The minimum Gasteiger partial charge on any atom is -0.484 e. The number of thioether (sulfide) groups is 1. The average molecular weight is 379 g/mol. The van der Waals surface area contributed by atoms with Gasteiger partial charge in [-0.1, -0.05) is 17.7 Å². The molecule has 2 N–H and O–H groups in total. The van der Waals surface area contributed by atoms with E-state index in [1.807, 2.05) is 24.3 Å². The number of nitrogens with one attached hydrogen (secondary N) is 2. The van der Waals surface area contributed by atoms with Gasteiger partial charge in [0.2, 0.25) is 5.91 Å². The smallest absolute Gasteiger partial charge is 0.257 e. The predicted octanol–water partition coefficient (Wildman–Crippen LogP) is 3.59. The number of rotatable bonds is 8. The third-order valence-electron chi connectivity index (χ3n) is 3.18. The predicted molar refractivity (Wildman–Crippen MR) is 101 cm³/mol. The zero-order chi connectivity index (χ0) is 18.1. The average Bonchev–Trinajstić information content (AvgIpc) is 2.61. The first-order chi connectivity index (χ1) is 12.1. The van der Waals surface area contributed by atoms with Crippen molar-refractivity contribution < 1.29 is 14.3 Å². The van der Waals surface area contributed by atoms with Crippen LogP contribution in [-0.2, 0) is 9.59 Å². The van der Waals surface area contributed by atoms with Crippen LogP contribution >= 0.6 is 23.4 Å². The molecular formula is C18H19ClN2O3S. The summed E-state index contributed by atoms with van der Waals surface area (Å²) in [4.78, 5) is 24.3. The third kappa shape index (κ3) is 7.07. The van der Waals surface area contributed by atoms with Crippen LogP contribution < -0.4 is 15.4 Å². The molecule has 0 bridgehead atoms. The summed E-state index contributed by atoms with van der Waals surface area (Å²) in [5.41, 5.74) is 0.635. The summed E-state index contributed by atoms with van der Waals surface area (Å²) in [5, 5.41) is 6.00. The quantitative estimate of drug-likeness (QED) is 0.689. The lowest BCUT2D eigenvalue weighted by Crippen LogP contribution is -2.24. The van der Waals surface area contributed by atoms with E-state index in [9.17, 15) is 9.59 Å². The number of benzene rings is 2. The number of halogens is 1. The highest BCUT2D eigenvalue weighted by Gasteiger charge is 2.05. The van der Waals surface area contributed by atoms with Crippen LogP contribution in [0.25, 0.3) is 0 Å². The fraction of sp³-hybridized carbons (Fsp3) is 0.222. The molecule has 0 fully saturated rings. The molecule has 0 aliphatic carbocycles. The monoisotopic (exact) mass is 378 g/mol. The van der Waals surface area contributed by atoms with Gasteiger partial charge < -0.3 is 15.4 Å². The second kappa shape index (κ2) is 9.96. The highest BCUT2D eigenvalue weighted by Crippen LogP contribution is 2.22. The highest BCUT2D eigenvalue weighted by molar-refractivity contribution is 7.99. The van der Waals surface area contributed by atoms with Crippen molar-refractivity contribution in [2.24, 2.45) is 0 Å². The van der Waals surface area contributed by atoms with Gasteiger partial charge >= 0.3 is 0 Å². The van der Waals surface area contributed by atoms with Crippen molar-refractivity contribution in [1.29, 1.82) is 0 Å². The lowest BCUT2D eigenvalue weighted by molar-refractivity contribution is -0.122. The number of amides is 2. The Morgan fingerprint density at radius 2 is 1.88 bits per heavy atom. The van der Waals surface area contributed by atoms with Gasteiger partial charge in [0.05, 0.1) is 0 Å². The molecule has 0 unspecified atom stereocenters. The number of carbonyl (C=O) groups is 2. The molecule has 25 heavy (non-hydrogen) atoms. The Morgan fingerprint density at radius 3 is 2.60 bits per heavy atom. The number of hydrogen-bond acceptors (Lipinski definition) is 4. The molecule has 5 nitrogen and oxygen atoms in total. The zero-order valence-corrected chi connectivity index (χ0v) is 15.3. The van der Waals surface area contributed by atoms with Crippen LogP contribution in [0.3, 0.4) is 0 Å². The maximum absolute atomic E-state index is 12.0. The summed E-state index contributed by atoms with van der Waals surface area (Å²) in [6.07, 6.45) is 0.386. The Morgan fingerprint density at radius 1 is 1.12 bits per heavy atom. The first-order valence-corrected chi connectivity index (χ1v) is 9.05. The molecular weight excluding hydrogens is 360 g/mol. The molecule has 0 aliphatic rings. The van der Waals surface area contributed by atoms with Crippen LogP contribution in [0.4, 0.5) is 5.69 Å². The van der Waals surface area contributed by atoms with E-state index in [0.717, 1.165) is 4.90 Å². The van der Waals surface area contributed by atoms with Gasteiger partial charge in [-0.2, -0.15) is 0 Å². The van der Waals surface area contributed by atoms with Crippen molar-refractivity contribution in [3.63, 3.8) is 0 Å². The van der Waals surface area contributed by atoms with E-state index >= 15 is 0 Å². The topological polar surface area (TPSA) is 67.4 Å². The first-order valence-electron chi connectivity index (χ1n) is 7.68. The lowest BCUT2D eigenvalue weighted by atomic mass is 10.3. The van der Waals surface area contributed by atoms with Crippen molar-refractivity contribution in [3.05, 3.63) is 53.6 Å². The summed E-state index contributed by atoms with van der Waals surface area (Å²) < 4.78 is 5.35. The molecule has 2 rings (SSSR count). The van der Waals surface area contributed by atoms with Crippen molar-refractivity contribution in [2.45, 2.75) is 11.3 Å². The molecule has 0 atom stereocenters. The standard InChI is InChI=1S/C18H19ClN2O3S/c1-20-18(23)12-24-15-4-2-3-14(11-15)21-17(22)9-10-25-16-7-5-13(19)6-8-16/h2-8,11H,9-10,12H2,1H3,(H,20,23)(H,21,22). The summed E-state index contributed by atoms with van der Waals surface area (Å²) in [6.45, 7) is -0.0639. The van der Waals surface area contributed by atoms with Crippen LogP contribution in [0.1, 0.15) is 6.42 Å². The molecule has 0 aromatic heterocycles. The molecule has 0 aliphatic heterocycles. The normalized spacial score (nSPS) is 10.2. The van der Waals surface area contributed by atoms with Gasteiger partial charge in [-0.05, 0) is 36.4 Å². The molecule has 0 saturated heterocycles. The molecule has 0 spiro atoms. The van der Waals surface area contributed by atoms with Gasteiger partial charge in [-0.25, -0.2) is 0 Å². The van der Waals surface area contributed by atoms with Crippen LogP contribution in [-0.4, -0.2) is 31.2 Å². The Bertz CT molecular complexity index is 723. The van der Waals surface area contributed by atoms with E-state index in [4.69, 9.17) is 16.3 Å². The van der Waals surface area contributed by atoms with Crippen molar-refractivity contribution >= 4 is 40.9 Å². The minimum atomic E-state index is -0.214. The molecule has 132 valence electrons. The summed E-state index contributed by atoms with van der Waals surface area (Å²) in [5.74, 6) is 0.899. The zero-order valence-electron chi connectivity index (χ0n) is 13.8. The van der Waals surface area contributed by atoms with Crippen molar-refractivity contribution in [1.82, 2.24) is 5.32 Å². The minimum absolute atomic E-state index is 0.0639. The Kier molecular flexibility index (Phi) is 7.63. The largest absolute Gasteiger partial charge is 0.484 e. The van der Waals surface area contributed by atoms with Gasteiger partial charge in [0, 0.05) is 40.9 Å². The third-order valence-corrected chi connectivity index (χ3v) is 4.44. The molecule has 0 saturated carbocycles. The Hall–Kier alpha value is -2.18. The molecule has 2 aromatic rings. The van der Waals surface area contributed by atoms with Gasteiger partial charge in [0.1, 0.15) is 5.75 Å². The second-order valence-electron chi connectivity index (χ2n) is 5.09. The fourth-order valence-electron chi connectivity index (χ4n) is 1.90. The van der Waals surface area contributed by atoms with Crippen LogP contribution in [0.2, 0.25) is 5.02 Å². The number of hydrogen-bond donors (Lipinski definition) is 2. The van der Waals surface area contributed by atoms with Gasteiger partial charge in [0.15, 0.2) is 6.61 Å². The lowest BCUT2D eigenvalue weighted by Gasteiger charge is -2.09. The molecule has 2 aromatic carbocycles. The van der Waals surface area contributed by atoms with E-state index in [2.05, 4.69) is 10.6 Å². The van der Waals surface area contributed by atoms with E-state index in [1.54, 1.807) is 43.1 Å². The molecule has 7 heteroatoms. The SMILES string of the molecule is CNC(=O)COc1cccc(NC(=O)CCSc2ccc(Cl)cc2)c1. The maximum atomic E-state index is 12.0. The number of anilines is 1. The first kappa shape index (κ1) is 19.1. The van der Waals surface area contributed by atoms with E-state index < -0.39 is 0 Å². The number of likely N-dealkylation sites (N-methyl/N-ethyl adjacent to an activating group) is 1. The van der Waals surface area contributed by atoms with E-state index in [0.29, 0.717) is 28.6 Å². The summed E-state index contributed by atoms with van der Waals surface area (Å²) in [6, 6.07) is 14.5. The molecule has 2 amide bonds. The molecule has 0 radical (unpaired) electrons. The van der Waals surface area contributed by atoms with Crippen molar-refractivity contribution in [3.8, 4) is 5.75 Å². The van der Waals surface area contributed by atoms with Crippen LogP contribution in [0.5, 0.6) is 5.75 Å². The van der Waals surface area contributed by atoms with Gasteiger partial charge in [-0.15, -0.1) is 11.8 Å². The summed E-state index contributed by atoms with van der Waals surface area (Å²) >= 11 is 7.44. The Balaban J connectivity index is 1.77. The Labute approximate surface area is 156 Å².